The van der Waals surface area contributed by atoms with E-state index >= 15 is 4.39 Å². The van der Waals surface area contributed by atoms with Crippen molar-refractivity contribution in [1.82, 2.24) is 29.5 Å². The molecule has 38 heavy (non-hydrogen) atoms. The van der Waals surface area contributed by atoms with Gasteiger partial charge in [-0.3, -0.25) is 14.6 Å². The number of carbonyl (C=O) groups excluding carboxylic acids is 1. The summed E-state index contributed by atoms with van der Waals surface area (Å²) in [5.74, 6) is -0.351. The molecule has 0 aliphatic carbocycles. The zero-order valence-corrected chi connectivity index (χ0v) is 21.6. The summed E-state index contributed by atoms with van der Waals surface area (Å²) in [4.78, 5) is 22.3. The number of carbonyl (C=O) groups is 1. The SMILES string of the molecule is COC(=O)c1nn(C)c2c3ncc(-c4c(C)noc4C)cc3n([C@@H](c3ncccc3F)C3CCOCC3)c12. The molecule has 1 atom stereocenters. The number of ether oxygens (including phenoxy) is 2. The van der Waals surface area contributed by atoms with Crippen molar-refractivity contribution in [2.75, 3.05) is 20.3 Å². The molecular formula is C27H27FN6O4. The van der Waals surface area contributed by atoms with E-state index in [1.807, 2.05) is 24.5 Å². The molecule has 10 nitrogen and oxygen atoms in total. The Kier molecular flexibility index (Phi) is 5.94. The number of hydrogen-bond donors (Lipinski definition) is 0. The quantitative estimate of drug-likeness (QED) is 0.312. The van der Waals surface area contributed by atoms with Crippen LogP contribution in [0.2, 0.25) is 0 Å². The van der Waals surface area contributed by atoms with Gasteiger partial charge in [-0.15, -0.1) is 0 Å². The Bertz CT molecular complexity index is 1660. The van der Waals surface area contributed by atoms with Gasteiger partial charge in [-0.25, -0.2) is 9.18 Å². The molecule has 1 fully saturated rings. The van der Waals surface area contributed by atoms with Crippen molar-refractivity contribution in [1.29, 1.82) is 0 Å². The summed E-state index contributed by atoms with van der Waals surface area (Å²) in [7, 11) is 3.07. The van der Waals surface area contributed by atoms with Crippen LogP contribution in [-0.2, 0) is 16.5 Å². The maximum atomic E-state index is 15.5. The highest BCUT2D eigenvalue weighted by atomic mass is 19.1. The molecule has 0 radical (unpaired) electrons. The lowest BCUT2D eigenvalue weighted by molar-refractivity contribution is 0.0539. The number of hydrogen-bond acceptors (Lipinski definition) is 8. The second-order valence-corrected chi connectivity index (χ2v) is 9.59. The molecular weight excluding hydrogens is 491 g/mol. The summed E-state index contributed by atoms with van der Waals surface area (Å²) in [5, 5.41) is 8.59. The third kappa shape index (κ3) is 3.68. The van der Waals surface area contributed by atoms with Gasteiger partial charge < -0.3 is 18.6 Å². The molecule has 6 heterocycles. The maximum absolute atomic E-state index is 15.5. The van der Waals surface area contributed by atoms with Crippen LogP contribution in [-0.4, -0.2) is 55.8 Å². The summed E-state index contributed by atoms with van der Waals surface area (Å²) in [6.45, 7) is 4.83. The number of esters is 1. The van der Waals surface area contributed by atoms with Gasteiger partial charge in [-0.1, -0.05) is 5.16 Å². The Balaban J connectivity index is 1.74. The third-order valence-electron chi connectivity index (χ3n) is 7.37. The molecule has 196 valence electrons. The van der Waals surface area contributed by atoms with E-state index < -0.39 is 17.8 Å². The van der Waals surface area contributed by atoms with Gasteiger partial charge in [-0.2, -0.15) is 5.10 Å². The van der Waals surface area contributed by atoms with Crippen LogP contribution in [0.15, 0.2) is 35.1 Å². The van der Waals surface area contributed by atoms with Crippen molar-refractivity contribution in [2.45, 2.75) is 32.7 Å². The van der Waals surface area contributed by atoms with Crippen LogP contribution >= 0.6 is 0 Å². The largest absolute Gasteiger partial charge is 0.464 e. The number of halogens is 1. The van der Waals surface area contributed by atoms with Crippen molar-refractivity contribution in [3.8, 4) is 11.1 Å². The zero-order valence-electron chi connectivity index (χ0n) is 21.6. The minimum atomic E-state index is -0.585. The molecule has 0 spiro atoms. The number of pyridine rings is 2. The number of fused-ring (bicyclic) bond motifs is 3. The van der Waals surface area contributed by atoms with Crippen LogP contribution in [0, 0.1) is 25.6 Å². The van der Waals surface area contributed by atoms with E-state index in [1.54, 1.807) is 30.2 Å². The molecule has 0 unspecified atom stereocenters. The predicted octanol–water partition coefficient (Wildman–Crippen LogP) is 4.53. The van der Waals surface area contributed by atoms with Gasteiger partial charge in [-0.05, 0) is 50.8 Å². The van der Waals surface area contributed by atoms with E-state index in [4.69, 9.17) is 19.0 Å². The molecule has 1 saturated heterocycles. The summed E-state index contributed by atoms with van der Waals surface area (Å²) in [6, 6.07) is 4.43. The minimum Gasteiger partial charge on any atom is -0.464 e. The van der Waals surface area contributed by atoms with Crippen molar-refractivity contribution >= 4 is 28.0 Å². The topological polar surface area (TPSA) is 110 Å². The monoisotopic (exact) mass is 518 g/mol. The first-order chi connectivity index (χ1) is 18.4. The van der Waals surface area contributed by atoms with Gasteiger partial charge in [0.05, 0.1) is 30.1 Å². The molecule has 5 aromatic heterocycles. The second kappa shape index (κ2) is 9.32. The number of rotatable bonds is 5. The molecule has 6 rings (SSSR count). The van der Waals surface area contributed by atoms with Crippen LogP contribution in [0.4, 0.5) is 4.39 Å². The van der Waals surface area contributed by atoms with Crippen LogP contribution < -0.4 is 0 Å². The van der Waals surface area contributed by atoms with Gasteiger partial charge in [0, 0.05) is 43.8 Å². The lowest BCUT2D eigenvalue weighted by Gasteiger charge is -2.32. The van der Waals surface area contributed by atoms with Gasteiger partial charge in [0.1, 0.15) is 28.1 Å². The molecule has 0 aromatic carbocycles. The minimum absolute atomic E-state index is 0.0135. The van der Waals surface area contributed by atoms with Crippen LogP contribution in [0.25, 0.3) is 33.2 Å². The highest BCUT2D eigenvalue weighted by Crippen LogP contribution is 2.42. The first-order valence-electron chi connectivity index (χ1n) is 12.5. The van der Waals surface area contributed by atoms with Gasteiger partial charge in [0.15, 0.2) is 5.69 Å². The van der Waals surface area contributed by atoms with Crippen LogP contribution in [0.3, 0.4) is 0 Å². The Morgan fingerprint density at radius 3 is 2.68 bits per heavy atom. The predicted molar refractivity (Wildman–Crippen MR) is 136 cm³/mol. The maximum Gasteiger partial charge on any atom is 0.360 e. The normalized spacial score (nSPS) is 15.4. The summed E-state index contributed by atoms with van der Waals surface area (Å²) >= 11 is 0. The Labute approximate surface area is 217 Å². The Morgan fingerprint density at radius 2 is 2.00 bits per heavy atom. The fourth-order valence-corrected chi connectivity index (χ4v) is 5.70. The average molecular weight is 519 g/mol. The summed E-state index contributed by atoms with van der Waals surface area (Å²) in [5.41, 5.74) is 5.34. The third-order valence-corrected chi connectivity index (χ3v) is 7.37. The van der Waals surface area contributed by atoms with E-state index in [0.717, 1.165) is 22.3 Å². The van der Waals surface area contributed by atoms with E-state index in [2.05, 4.69) is 15.2 Å². The molecule has 1 aliphatic rings. The second-order valence-electron chi connectivity index (χ2n) is 9.59. The fourth-order valence-electron chi connectivity index (χ4n) is 5.70. The smallest absolute Gasteiger partial charge is 0.360 e. The molecule has 0 bridgehead atoms. The molecule has 5 aromatic rings. The lowest BCUT2D eigenvalue weighted by atomic mass is 9.88. The van der Waals surface area contributed by atoms with Crippen LogP contribution in [0.1, 0.15) is 46.5 Å². The van der Waals surface area contributed by atoms with E-state index in [0.29, 0.717) is 54.1 Å². The van der Waals surface area contributed by atoms with Crippen molar-refractivity contribution in [3.05, 3.63) is 59.3 Å². The van der Waals surface area contributed by atoms with E-state index in [9.17, 15) is 4.79 Å². The molecule has 0 N–H and O–H groups in total. The average Bonchev–Trinajstić information content (AvgIpc) is 3.56. The van der Waals surface area contributed by atoms with Crippen molar-refractivity contribution in [3.63, 3.8) is 0 Å². The van der Waals surface area contributed by atoms with Crippen LogP contribution in [0.5, 0.6) is 0 Å². The lowest BCUT2D eigenvalue weighted by Crippen LogP contribution is -2.28. The highest BCUT2D eigenvalue weighted by molar-refractivity contribution is 6.12. The zero-order chi connectivity index (χ0) is 26.6. The number of aryl methyl sites for hydroxylation is 3. The van der Waals surface area contributed by atoms with Crippen molar-refractivity contribution in [2.24, 2.45) is 13.0 Å². The number of methoxy groups -OCH3 is 1. The molecule has 0 amide bonds. The standard InChI is InChI=1S/C27H27FN6O4/c1-14-20(15(2)38-32-14)17-12-19-22(30-13-17)25-26(23(27(35)36-4)31-33(25)3)34(19)24(16-7-10-37-11-8-16)21-18(28)6-5-9-29-21/h5-6,9,12-13,16,24H,7-8,10-11H2,1-4H3/t24-/m1/s1. The number of nitrogens with zero attached hydrogens (tertiary/aromatic N) is 6. The van der Waals surface area contributed by atoms with Crippen molar-refractivity contribution < 1.29 is 23.2 Å². The Hall–Kier alpha value is -4.12. The van der Waals surface area contributed by atoms with Gasteiger partial charge in [0.2, 0.25) is 0 Å². The van der Waals surface area contributed by atoms with Gasteiger partial charge in [0.25, 0.3) is 0 Å². The number of aromatic nitrogens is 6. The summed E-state index contributed by atoms with van der Waals surface area (Å²) < 4.78 is 35.2. The molecule has 11 heteroatoms. The van der Waals surface area contributed by atoms with Gasteiger partial charge >= 0.3 is 5.97 Å². The first kappa shape index (κ1) is 24.2. The first-order valence-corrected chi connectivity index (χ1v) is 12.5. The van der Waals surface area contributed by atoms with E-state index in [-0.39, 0.29) is 11.6 Å². The highest BCUT2D eigenvalue weighted by Gasteiger charge is 2.36. The fraction of sp³-hybridized carbons (Fsp3) is 0.370. The molecule has 0 saturated carbocycles. The summed E-state index contributed by atoms with van der Waals surface area (Å²) in [6.07, 6.45) is 4.75. The Morgan fingerprint density at radius 1 is 1.21 bits per heavy atom. The van der Waals surface area contributed by atoms with E-state index in [1.165, 1.54) is 13.2 Å². The molecule has 1 aliphatic heterocycles.